The highest BCUT2D eigenvalue weighted by Gasteiger charge is 2.07. The Morgan fingerprint density at radius 3 is 2.68 bits per heavy atom. The topological polar surface area (TPSA) is 97.4 Å². The normalized spacial score (nSPS) is 15.0. The van der Waals surface area contributed by atoms with Crippen molar-refractivity contribution in [3.63, 3.8) is 0 Å². The van der Waals surface area contributed by atoms with E-state index in [0.29, 0.717) is 16.8 Å². The Morgan fingerprint density at radius 1 is 1.18 bits per heavy atom. The van der Waals surface area contributed by atoms with Crippen LogP contribution < -0.4 is 10.6 Å². The molecule has 0 radical (unpaired) electrons. The zero-order valence-corrected chi connectivity index (χ0v) is 14.8. The summed E-state index contributed by atoms with van der Waals surface area (Å²) < 4.78 is 55.6. The molecule has 6 nitrogen and oxygen atoms in total. The fraction of sp³-hybridized carbons (Fsp3) is 0.0909. The minimum Gasteiger partial charge on any atom is -0.340 e. The van der Waals surface area contributed by atoms with Gasteiger partial charge < -0.3 is 10.6 Å². The molecule has 136 valence electrons. The predicted octanol–water partition coefficient (Wildman–Crippen LogP) is 4.99. The lowest BCUT2D eigenvalue weighted by molar-refractivity contribution is 1.16. The number of nitriles is 2. The Labute approximate surface area is 173 Å². The molecule has 3 aromatic rings. The maximum absolute atomic E-state index is 8.93. The Kier molecular flexibility index (Phi) is 3.49. The SMILES string of the molecule is [2H]/C(C#N)=C(/[2H])c1cc(C)c(Nc2nc(Nc3ccc(C#N)cc3)nc([2H])c2[2H])c(C([2H])([2H])[2H])c1. The van der Waals surface area contributed by atoms with Crippen LogP contribution in [0.25, 0.3) is 6.05 Å². The summed E-state index contributed by atoms with van der Waals surface area (Å²) in [5.74, 6) is -0.144. The molecular formula is C22H18N6. The molecule has 28 heavy (non-hydrogen) atoms. The largest absolute Gasteiger partial charge is 0.340 e. The molecule has 0 saturated heterocycles. The Hall–Kier alpha value is -4.16. The number of rotatable bonds is 5. The summed E-state index contributed by atoms with van der Waals surface area (Å²) in [6, 6.07) is 11.2. The molecule has 0 spiro atoms. The highest BCUT2D eigenvalue weighted by Crippen LogP contribution is 2.26. The van der Waals surface area contributed by atoms with Gasteiger partial charge in [-0.3, -0.25) is 0 Å². The molecule has 6 heteroatoms. The first-order valence-corrected chi connectivity index (χ1v) is 8.07. The van der Waals surface area contributed by atoms with Gasteiger partial charge >= 0.3 is 0 Å². The van der Waals surface area contributed by atoms with Gasteiger partial charge in [-0.15, -0.1) is 0 Å². The van der Waals surface area contributed by atoms with E-state index in [-0.39, 0.29) is 34.6 Å². The van der Waals surface area contributed by atoms with E-state index in [4.69, 9.17) is 20.1 Å². The van der Waals surface area contributed by atoms with Crippen molar-refractivity contribution >= 4 is 29.2 Å². The standard InChI is InChI=1S/C22H18N6/c1-15-12-18(4-3-10-23)13-16(2)21(15)27-20-9-11-25-22(28-20)26-19-7-5-17(14-24)6-8-19/h3-9,11-13H,1-2H3,(H2,25,26,27,28)/b4-3+/i1D3,3D,4D,9D,11D. The van der Waals surface area contributed by atoms with Gasteiger partial charge in [0.15, 0.2) is 0 Å². The van der Waals surface area contributed by atoms with Crippen molar-refractivity contribution in [1.29, 1.82) is 10.5 Å². The number of hydrogen-bond donors (Lipinski definition) is 2. The monoisotopic (exact) mass is 373 g/mol. The van der Waals surface area contributed by atoms with Crippen LogP contribution in [0.2, 0.25) is 0 Å². The molecule has 0 atom stereocenters. The zero-order chi connectivity index (χ0) is 25.9. The van der Waals surface area contributed by atoms with Gasteiger partial charge in [-0.1, -0.05) is 0 Å². The molecule has 0 fully saturated rings. The average Bonchev–Trinajstić information content (AvgIpc) is 2.81. The number of aryl methyl sites for hydroxylation is 2. The van der Waals surface area contributed by atoms with E-state index < -0.39 is 25.1 Å². The third kappa shape index (κ3) is 4.51. The quantitative estimate of drug-likeness (QED) is 0.612. The number of allylic oxidation sites excluding steroid dienone is 1. The van der Waals surface area contributed by atoms with Crippen LogP contribution >= 0.6 is 0 Å². The van der Waals surface area contributed by atoms with Crippen molar-refractivity contribution in [2.45, 2.75) is 13.8 Å². The van der Waals surface area contributed by atoms with Crippen LogP contribution in [0.3, 0.4) is 0 Å². The van der Waals surface area contributed by atoms with Crippen LogP contribution in [0.4, 0.5) is 23.1 Å². The molecule has 0 bridgehead atoms. The smallest absolute Gasteiger partial charge is 0.229 e. The first kappa shape index (κ1) is 11.5. The summed E-state index contributed by atoms with van der Waals surface area (Å²) in [6.07, 6.45) is -0.410. The van der Waals surface area contributed by atoms with E-state index in [1.165, 1.54) is 12.1 Å². The Morgan fingerprint density at radius 2 is 1.96 bits per heavy atom. The molecule has 0 aliphatic heterocycles. The number of nitrogens with zero attached hydrogens (tertiary/aromatic N) is 4. The minimum absolute atomic E-state index is 0.0211. The van der Waals surface area contributed by atoms with E-state index >= 15 is 0 Å². The second-order valence-corrected chi connectivity index (χ2v) is 5.65. The first-order valence-electron chi connectivity index (χ1n) is 11.6. The second kappa shape index (κ2) is 8.48. The number of anilines is 4. The summed E-state index contributed by atoms with van der Waals surface area (Å²) in [6.45, 7) is -1.06. The fourth-order valence-corrected chi connectivity index (χ4v) is 2.41. The molecule has 1 heterocycles. The molecule has 0 saturated carbocycles. The number of benzene rings is 2. The van der Waals surface area contributed by atoms with Gasteiger partial charge in [0.25, 0.3) is 0 Å². The lowest BCUT2D eigenvalue weighted by Crippen LogP contribution is -2.02. The Bertz CT molecular complexity index is 1400. The van der Waals surface area contributed by atoms with Gasteiger partial charge in [0.1, 0.15) is 5.82 Å². The minimum atomic E-state index is -2.64. The van der Waals surface area contributed by atoms with Crippen LogP contribution in [-0.2, 0) is 0 Å². The molecule has 0 amide bonds. The third-order valence-electron chi connectivity index (χ3n) is 3.67. The Balaban J connectivity index is 2.07. The lowest BCUT2D eigenvalue weighted by atomic mass is 10.0. The van der Waals surface area contributed by atoms with Gasteiger partial charge in [-0.05, 0) is 79.0 Å². The summed E-state index contributed by atoms with van der Waals surface area (Å²) in [5.41, 5.74) is 1.35. The average molecular weight is 373 g/mol. The maximum atomic E-state index is 8.93. The van der Waals surface area contributed by atoms with Crippen LogP contribution in [0.5, 0.6) is 0 Å². The lowest BCUT2D eigenvalue weighted by Gasteiger charge is -2.14. The van der Waals surface area contributed by atoms with Crippen LogP contribution in [0, 0.1) is 36.4 Å². The zero-order valence-electron chi connectivity index (χ0n) is 21.8. The molecule has 2 aromatic carbocycles. The van der Waals surface area contributed by atoms with Crippen molar-refractivity contribution in [3.05, 3.63) is 76.9 Å². The molecule has 2 N–H and O–H groups in total. The van der Waals surface area contributed by atoms with Crippen molar-refractivity contribution in [2.75, 3.05) is 10.6 Å². The molecule has 0 aliphatic carbocycles. The van der Waals surface area contributed by atoms with Crippen LogP contribution in [0.15, 0.2) is 54.7 Å². The fourth-order valence-electron chi connectivity index (χ4n) is 2.41. The number of nitrogens with one attached hydrogen (secondary N) is 2. The summed E-state index contributed by atoms with van der Waals surface area (Å²) in [4.78, 5) is 8.15. The highest BCUT2D eigenvalue weighted by atomic mass is 15.1. The van der Waals surface area contributed by atoms with Crippen molar-refractivity contribution in [3.8, 4) is 12.1 Å². The number of hydrogen-bond acceptors (Lipinski definition) is 6. The third-order valence-corrected chi connectivity index (χ3v) is 3.67. The predicted molar refractivity (Wildman–Crippen MR) is 110 cm³/mol. The molecule has 3 rings (SSSR count). The van der Waals surface area contributed by atoms with Gasteiger partial charge in [-0.25, -0.2) is 4.98 Å². The number of aromatic nitrogens is 2. The summed E-state index contributed by atoms with van der Waals surface area (Å²) in [5, 5.41) is 23.5. The van der Waals surface area contributed by atoms with E-state index in [1.54, 1.807) is 37.3 Å². The van der Waals surface area contributed by atoms with E-state index in [0.717, 1.165) is 0 Å². The van der Waals surface area contributed by atoms with Gasteiger partial charge in [0.2, 0.25) is 5.95 Å². The molecule has 0 unspecified atom stereocenters. The first-order chi connectivity index (χ1) is 16.4. The molecule has 1 aromatic heterocycles. The van der Waals surface area contributed by atoms with Gasteiger partial charge in [0, 0.05) is 27.7 Å². The molecular weight excluding hydrogens is 348 g/mol. The van der Waals surface area contributed by atoms with Gasteiger partial charge in [0.05, 0.1) is 23.2 Å². The van der Waals surface area contributed by atoms with E-state index in [2.05, 4.69) is 20.6 Å². The van der Waals surface area contributed by atoms with Crippen LogP contribution in [-0.4, -0.2) is 9.97 Å². The molecule has 0 aliphatic rings. The van der Waals surface area contributed by atoms with E-state index in [1.807, 2.05) is 6.07 Å². The van der Waals surface area contributed by atoms with Crippen LogP contribution in [0.1, 0.15) is 31.8 Å². The van der Waals surface area contributed by atoms with Crippen molar-refractivity contribution < 1.29 is 9.60 Å². The summed E-state index contributed by atoms with van der Waals surface area (Å²) >= 11 is 0. The summed E-state index contributed by atoms with van der Waals surface area (Å²) in [7, 11) is 0. The van der Waals surface area contributed by atoms with Crippen molar-refractivity contribution in [2.24, 2.45) is 0 Å². The second-order valence-electron chi connectivity index (χ2n) is 5.65. The maximum Gasteiger partial charge on any atom is 0.229 e. The highest BCUT2D eigenvalue weighted by molar-refractivity contribution is 5.69. The van der Waals surface area contributed by atoms with E-state index in [9.17, 15) is 0 Å². The van der Waals surface area contributed by atoms with Crippen molar-refractivity contribution in [1.82, 2.24) is 9.97 Å². The van der Waals surface area contributed by atoms with Gasteiger partial charge in [-0.2, -0.15) is 15.5 Å².